The lowest BCUT2D eigenvalue weighted by Gasteiger charge is -2.37. The van der Waals surface area contributed by atoms with E-state index in [9.17, 15) is 4.79 Å². The minimum absolute atomic E-state index is 0.323. The fraction of sp³-hybridized carbons (Fsp3) is 0.583. The van der Waals surface area contributed by atoms with Gasteiger partial charge in [-0.15, -0.1) is 0 Å². The average Bonchev–Trinajstić information content (AvgIpc) is 2.80. The summed E-state index contributed by atoms with van der Waals surface area (Å²) in [5, 5.41) is 0. The van der Waals surface area contributed by atoms with Crippen LogP contribution in [0.25, 0.3) is 0 Å². The number of rotatable bonds is 3. The monoisotopic (exact) mass is 252 g/mol. The van der Waals surface area contributed by atoms with Gasteiger partial charge in [0, 0.05) is 25.7 Å². The SMILES string of the molecule is CC1CN(C)CCN1Cc1cc(C(=O)NN)co1. The van der Waals surface area contributed by atoms with Crippen LogP contribution in [-0.2, 0) is 6.54 Å². The molecule has 3 N–H and O–H groups in total. The average molecular weight is 252 g/mol. The van der Waals surface area contributed by atoms with Gasteiger partial charge in [-0.05, 0) is 20.0 Å². The second-order valence-corrected chi connectivity index (χ2v) is 4.86. The summed E-state index contributed by atoms with van der Waals surface area (Å²) >= 11 is 0. The van der Waals surface area contributed by atoms with Crippen LogP contribution in [0.4, 0.5) is 0 Å². The molecule has 18 heavy (non-hydrogen) atoms. The summed E-state index contributed by atoms with van der Waals surface area (Å²) in [5.74, 6) is 5.55. The number of hydrogen-bond acceptors (Lipinski definition) is 5. The van der Waals surface area contributed by atoms with Crippen molar-refractivity contribution in [3.63, 3.8) is 0 Å². The van der Waals surface area contributed by atoms with Crippen molar-refractivity contribution in [2.24, 2.45) is 5.84 Å². The summed E-state index contributed by atoms with van der Waals surface area (Å²) in [6.45, 7) is 6.05. The van der Waals surface area contributed by atoms with Gasteiger partial charge < -0.3 is 9.32 Å². The molecule has 0 radical (unpaired) electrons. The van der Waals surface area contributed by atoms with Crippen molar-refractivity contribution in [2.45, 2.75) is 19.5 Å². The van der Waals surface area contributed by atoms with E-state index < -0.39 is 0 Å². The summed E-state index contributed by atoms with van der Waals surface area (Å²) < 4.78 is 5.39. The molecule has 0 saturated carbocycles. The zero-order chi connectivity index (χ0) is 13.1. The number of hydrogen-bond donors (Lipinski definition) is 2. The molecule has 1 amide bonds. The summed E-state index contributed by atoms with van der Waals surface area (Å²) in [5.41, 5.74) is 2.56. The van der Waals surface area contributed by atoms with Gasteiger partial charge in [-0.25, -0.2) is 5.84 Å². The number of likely N-dealkylation sites (N-methyl/N-ethyl adjacent to an activating group) is 1. The molecule has 2 heterocycles. The van der Waals surface area contributed by atoms with Crippen molar-refractivity contribution in [1.82, 2.24) is 15.2 Å². The van der Waals surface area contributed by atoms with Crippen molar-refractivity contribution < 1.29 is 9.21 Å². The molecule has 0 aliphatic carbocycles. The zero-order valence-corrected chi connectivity index (χ0v) is 10.8. The number of nitrogens with zero attached hydrogens (tertiary/aromatic N) is 2. The lowest BCUT2D eigenvalue weighted by molar-refractivity contribution is 0.0875. The topological polar surface area (TPSA) is 74.7 Å². The van der Waals surface area contributed by atoms with Crippen LogP contribution >= 0.6 is 0 Å². The third-order valence-corrected chi connectivity index (χ3v) is 3.37. The molecule has 0 aromatic carbocycles. The Labute approximate surface area is 107 Å². The quantitative estimate of drug-likeness (QED) is 0.450. The van der Waals surface area contributed by atoms with Crippen LogP contribution in [0.5, 0.6) is 0 Å². The Bertz CT molecular complexity index is 418. The van der Waals surface area contributed by atoms with Crippen molar-refractivity contribution in [3.05, 3.63) is 23.7 Å². The number of nitrogen functional groups attached to an aromatic ring is 1. The van der Waals surface area contributed by atoms with E-state index in [1.54, 1.807) is 6.07 Å². The highest BCUT2D eigenvalue weighted by Crippen LogP contribution is 2.15. The third-order valence-electron chi connectivity index (χ3n) is 3.37. The molecule has 6 nitrogen and oxygen atoms in total. The van der Waals surface area contributed by atoms with Gasteiger partial charge in [-0.1, -0.05) is 0 Å². The van der Waals surface area contributed by atoms with Crippen molar-refractivity contribution in [3.8, 4) is 0 Å². The van der Waals surface area contributed by atoms with Crippen molar-refractivity contribution in [1.29, 1.82) is 0 Å². The Morgan fingerprint density at radius 3 is 3.06 bits per heavy atom. The number of furan rings is 1. The molecular weight excluding hydrogens is 232 g/mol. The first-order valence-electron chi connectivity index (χ1n) is 6.11. The normalized spacial score (nSPS) is 22.1. The van der Waals surface area contributed by atoms with E-state index in [-0.39, 0.29) is 5.91 Å². The number of carbonyl (C=O) groups is 1. The van der Waals surface area contributed by atoms with Crippen LogP contribution in [0.15, 0.2) is 16.7 Å². The molecule has 2 rings (SSSR count). The molecule has 1 atom stereocenters. The number of nitrogens with two attached hydrogens (primary N) is 1. The predicted octanol–water partition coefficient (Wildman–Crippen LogP) is 0.0190. The maximum atomic E-state index is 11.3. The van der Waals surface area contributed by atoms with Gasteiger partial charge in [0.05, 0.1) is 12.1 Å². The number of nitrogens with one attached hydrogen (secondary N) is 1. The van der Waals surface area contributed by atoms with E-state index in [0.717, 1.165) is 31.9 Å². The molecule has 1 fully saturated rings. The summed E-state index contributed by atoms with van der Waals surface area (Å²) in [7, 11) is 2.13. The summed E-state index contributed by atoms with van der Waals surface area (Å²) in [6.07, 6.45) is 1.44. The fourth-order valence-corrected chi connectivity index (χ4v) is 2.28. The lowest BCUT2D eigenvalue weighted by atomic mass is 10.2. The van der Waals surface area contributed by atoms with Gasteiger partial charge in [0.25, 0.3) is 5.91 Å². The lowest BCUT2D eigenvalue weighted by Crippen LogP contribution is -2.49. The van der Waals surface area contributed by atoms with Crippen LogP contribution in [0.1, 0.15) is 23.0 Å². The van der Waals surface area contributed by atoms with E-state index in [4.69, 9.17) is 10.3 Å². The first-order valence-corrected chi connectivity index (χ1v) is 6.11. The molecule has 0 spiro atoms. The van der Waals surface area contributed by atoms with Crippen LogP contribution in [-0.4, -0.2) is 48.4 Å². The Balaban J connectivity index is 1.97. The molecule has 1 saturated heterocycles. The van der Waals surface area contributed by atoms with E-state index >= 15 is 0 Å². The Hall–Kier alpha value is -1.37. The highest BCUT2D eigenvalue weighted by Gasteiger charge is 2.22. The highest BCUT2D eigenvalue weighted by molar-refractivity contribution is 5.93. The van der Waals surface area contributed by atoms with Crippen LogP contribution in [0.3, 0.4) is 0 Å². The largest absolute Gasteiger partial charge is 0.467 e. The molecule has 1 aromatic rings. The first kappa shape index (κ1) is 13.1. The molecule has 6 heteroatoms. The van der Waals surface area contributed by atoms with E-state index in [0.29, 0.717) is 11.6 Å². The van der Waals surface area contributed by atoms with Crippen molar-refractivity contribution in [2.75, 3.05) is 26.7 Å². The van der Waals surface area contributed by atoms with Gasteiger partial charge in [-0.3, -0.25) is 15.1 Å². The maximum Gasteiger partial charge on any atom is 0.268 e. The summed E-state index contributed by atoms with van der Waals surface area (Å²) in [4.78, 5) is 16.0. The molecule has 1 unspecified atom stereocenters. The molecule has 100 valence electrons. The molecule has 0 bridgehead atoms. The number of amides is 1. The molecule has 1 aliphatic rings. The maximum absolute atomic E-state index is 11.3. The molecule has 1 aromatic heterocycles. The highest BCUT2D eigenvalue weighted by atomic mass is 16.3. The zero-order valence-electron chi connectivity index (χ0n) is 10.8. The Kier molecular flexibility index (Phi) is 4.00. The third kappa shape index (κ3) is 2.90. The molecule has 1 aliphatic heterocycles. The fourth-order valence-electron chi connectivity index (χ4n) is 2.28. The first-order chi connectivity index (χ1) is 8.60. The summed E-state index contributed by atoms with van der Waals surface area (Å²) in [6, 6.07) is 2.23. The van der Waals surface area contributed by atoms with E-state index in [1.165, 1.54) is 6.26 Å². The number of piperazine rings is 1. The predicted molar refractivity (Wildman–Crippen MR) is 67.7 cm³/mol. The number of carbonyl (C=O) groups excluding carboxylic acids is 1. The van der Waals surface area contributed by atoms with Gasteiger partial charge in [0.15, 0.2) is 0 Å². The van der Waals surface area contributed by atoms with Crippen LogP contribution < -0.4 is 11.3 Å². The van der Waals surface area contributed by atoms with Gasteiger partial charge in [-0.2, -0.15) is 0 Å². The van der Waals surface area contributed by atoms with Crippen molar-refractivity contribution >= 4 is 5.91 Å². The van der Waals surface area contributed by atoms with Gasteiger partial charge in [0.2, 0.25) is 0 Å². The second kappa shape index (κ2) is 5.51. The second-order valence-electron chi connectivity index (χ2n) is 4.86. The molecular formula is C12H20N4O2. The standard InChI is InChI=1S/C12H20N4O2/c1-9-6-15(2)3-4-16(9)7-11-5-10(8-18-11)12(17)14-13/h5,8-9H,3-4,6-7,13H2,1-2H3,(H,14,17). The van der Waals surface area contributed by atoms with Crippen LogP contribution in [0, 0.1) is 0 Å². The van der Waals surface area contributed by atoms with Gasteiger partial charge >= 0.3 is 0 Å². The number of hydrazine groups is 1. The van der Waals surface area contributed by atoms with E-state index in [2.05, 4.69) is 29.2 Å². The van der Waals surface area contributed by atoms with Gasteiger partial charge in [0.1, 0.15) is 12.0 Å². The minimum Gasteiger partial charge on any atom is -0.467 e. The minimum atomic E-state index is -0.323. The Morgan fingerprint density at radius 2 is 2.39 bits per heavy atom. The van der Waals surface area contributed by atoms with Crippen LogP contribution in [0.2, 0.25) is 0 Å². The smallest absolute Gasteiger partial charge is 0.268 e. The Morgan fingerprint density at radius 1 is 1.61 bits per heavy atom. The van der Waals surface area contributed by atoms with E-state index in [1.807, 2.05) is 0 Å².